The lowest BCUT2D eigenvalue weighted by molar-refractivity contribution is 1.08. The van der Waals surface area contributed by atoms with Crippen LogP contribution in [0.15, 0.2) is 41.2 Å². The monoisotopic (exact) mass is 306 g/mol. The lowest BCUT2D eigenvalue weighted by Crippen LogP contribution is -2.16. The number of aryl methyl sites for hydroxylation is 4. The highest BCUT2D eigenvalue weighted by Gasteiger charge is 2.06. The van der Waals surface area contributed by atoms with Crippen molar-refractivity contribution in [2.75, 3.05) is 5.32 Å². The highest BCUT2D eigenvalue weighted by Crippen LogP contribution is 2.19. The Bertz CT molecular complexity index is 938. The van der Waals surface area contributed by atoms with Gasteiger partial charge in [0.15, 0.2) is 0 Å². The van der Waals surface area contributed by atoms with E-state index < -0.39 is 0 Å². The number of hydrogen-bond donors (Lipinski definition) is 2. The highest BCUT2D eigenvalue weighted by molar-refractivity contribution is 5.80. The van der Waals surface area contributed by atoms with Gasteiger partial charge in [-0.05, 0) is 74.0 Å². The predicted molar refractivity (Wildman–Crippen MR) is 97.3 cm³/mol. The van der Waals surface area contributed by atoms with Crippen molar-refractivity contribution in [1.29, 1.82) is 0 Å². The van der Waals surface area contributed by atoms with Crippen LogP contribution in [0.4, 0.5) is 5.69 Å². The van der Waals surface area contributed by atoms with E-state index in [4.69, 9.17) is 0 Å². The quantitative estimate of drug-likeness (QED) is 0.754. The van der Waals surface area contributed by atoms with Crippen LogP contribution in [0.25, 0.3) is 10.9 Å². The average Bonchev–Trinajstić information content (AvgIpc) is 2.48. The third-order valence-electron chi connectivity index (χ3n) is 4.39. The summed E-state index contributed by atoms with van der Waals surface area (Å²) in [5, 5.41) is 4.44. The molecule has 118 valence electrons. The van der Waals surface area contributed by atoms with Crippen LogP contribution in [0.1, 0.15) is 27.8 Å². The van der Waals surface area contributed by atoms with E-state index in [1.54, 1.807) is 0 Å². The molecule has 0 aliphatic rings. The SMILES string of the molecule is Cc1ccc(NCc2cc3cc(C)c(C)cc3[nH]c2=O)c(C)c1. The van der Waals surface area contributed by atoms with Crippen molar-refractivity contribution in [3.63, 3.8) is 0 Å². The van der Waals surface area contributed by atoms with Gasteiger partial charge in [-0.1, -0.05) is 17.7 Å². The number of pyridine rings is 1. The molecule has 0 aliphatic heterocycles. The van der Waals surface area contributed by atoms with E-state index >= 15 is 0 Å². The van der Waals surface area contributed by atoms with E-state index in [1.807, 2.05) is 12.1 Å². The first-order chi connectivity index (χ1) is 10.9. The van der Waals surface area contributed by atoms with Crippen LogP contribution in [0.3, 0.4) is 0 Å². The van der Waals surface area contributed by atoms with Crippen molar-refractivity contribution in [1.82, 2.24) is 4.98 Å². The summed E-state index contributed by atoms with van der Waals surface area (Å²) >= 11 is 0. The second kappa shape index (κ2) is 5.92. The molecule has 0 radical (unpaired) electrons. The zero-order valence-corrected chi connectivity index (χ0v) is 14.1. The van der Waals surface area contributed by atoms with Crippen molar-refractivity contribution >= 4 is 16.6 Å². The molecule has 0 spiro atoms. The Morgan fingerprint density at radius 2 is 1.65 bits per heavy atom. The van der Waals surface area contributed by atoms with E-state index in [0.717, 1.165) is 22.2 Å². The zero-order chi connectivity index (χ0) is 16.6. The molecule has 2 aromatic carbocycles. The Morgan fingerprint density at radius 1 is 0.913 bits per heavy atom. The van der Waals surface area contributed by atoms with Gasteiger partial charge in [0.25, 0.3) is 5.56 Å². The molecule has 3 rings (SSSR count). The van der Waals surface area contributed by atoms with Crippen LogP contribution in [-0.2, 0) is 6.54 Å². The number of anilines is 1. The fraction of sp³-hybridized carbons (Fsp3) is 0.250. The molecular formula is C20H22N2O. The van der Waals surface area contributed by atoms with E-state index in [1.165, 1.54) is 22.3 Å². The third kappa shape index (κ3) is 3.14. The fourth-order valence-corrected chi connectivity index (χ4v) is 2.86. The Morgan fingerprint density at radius 3 is 2.39 bits per heavy atom. The van der Waals surface area contributed by atoms with Crippen LogP contribution < -0.4 is 10.9 Å². The molecule has 3 nitrogen and oxygen atoms in total. The summed E-state index contributed by atoms with van der Waals surface area (Å²) in [6, 6.07) is 12.4. The molecular weight excluding hydrogens is 284 g/mol. The van der Waals surface area contributed by atoms with Crippen LogP contribution in [-0.4, -0.2) is 4.98 Å². The van der Waals surface area contributed by atoms with Crippen LogP contribution >= 0.6 is 0 Å². The predicted octanol–water partition coefficient (Wildman–Crippen LogP) is 4.37. The van der Waals surface area contributed by atoms with Gasteiger partial charge in [0.1, 0.15) is 0 Å². The largest absolute Gasteiger partial charge is 0.381 e. The first-order valence-electron chi connectivity index (χ1n) is 7.88. The number of rotatable bonds is 3. The van der Waals surface area contributed by atoms with E-state index in [2.05, 4.69) is 62.3 Å². The van der Waals surface area contributed by atoms with Gasteiger partial charge in [-0.2, -0.15) is 0 Å². The molecule has 0 amide bonds. The highest BCUT2D eigenvalue weighted by atomic mass is 16.1. The molecule has 0 bridgehead atoms. The van der Waals surface area contributed by atoms with Crippen molar-refractivity contribution in [2.24, 2.45) is 0 Å². The zero-order valence-electron chi connectivity index (χ0n) is 14.1. The van der Waals surface area contributed by atoms with Gasteiger partial charge in [-0.25, -0.2) is 0 Å². The van der Waals surface area contributed by atoms with Crippen LogP contribution in [0.5, 0.6) is 0 Å². The lowest BCUT2D eigenvalue weighted by Gasteiger charge is -2.11. The van der Waals surface area contributed by atoms with Crippen LogP contribution in [0.2, 0.25) is 0 Å². The number of fused-ring (bicyclic) bond motifs is 1. The number of aromatic nitrogens is 1. The Balaban J connectivity index is 1.92. The maximum Gasteiger partial charge on any atom is 0.253 e. The maximum absolute atomic E-state index is 12.3. The summed E-state index contributed by atoms with van der Waals surface area (Å²) in [5.41, 5.74) is 7.53. The lowest BCUT2D eigenvalue weighted by atomic mass is 10.0. The van der Waals surface area contributed by atoms with Gasteiger partial charge >= 0.3 is 0 Å². The van der Waals surface area contributed by atoms with Gasteiger partial charge in [0.2, 0.25) is 0 Å². The minimum absolute atomic E-state index is 0.0296. The summed E-state index contributed by atoms with van der Waals surface area (Å²) in [5.74, 6) is 0. The molecule has 2 N–H and O–H groups in total. The smallest absolute Gasteiger partial charge is 0.253 e. The fourth-order valence-electron chi connectivity index (χ4n) is 2.86. The van der Waals surface area contributed by atoms with Crippen molar-refractivity contribution in [3.8, 4) is 0 Å². The van der Waals surface area contributed by atoms with Gasteiger partial charge in [0.05, 0.1) is 0 Å². The van der Waals surface area contributed by atoms with E-state index in [9.17, 15) is 4.79 Å². The summed E-state index contributed by atoms with van der Waals surface area (Å²) in [7, 11) is 0. The topological polar surface area (TPSA) is 44.9 Å². The number of hydrogen-bond acceptors (Lipinski definition) is 2. The molecule has 0 atom stereocenters. The van der Waals surface area contributed by atoms with Crippen molar-refractivity contribution < 1.29 is 0 Å². The average molecular weight is 306 g/mol. The Hall–Kier alpha value is -2.55. The molecule has 0 unspecified atom stereocenters. The molecule has 3 aromatic rings. The van der Waals surface area contributed by atoms with Crippen LogP contribution in [0, 0.1) is 27.7 Å². The standard InChI is InChI=1S/C20H22N2O/c1-12-5-6-18(15(4)7-12)21-11-17-10-16-8-13(2)14(3)9-19(16)22-20(17)23/h5-10,21H,11H2,1-4H3,(H,22,23). The molecule has 23 heavy (non-hydrogen) atoms. The maximum atomic E-state index is 12.3. The summed E-state index contributed by atoms with van der Waals surface area (Å²) in [4.78, 5) is 15.3. The summed E-state index contributed by atoms with van der Waals surface area (Å²) < 4.78 is 0. The minimum atomic E-state index is -0.0296. The van der Waals surface area contributed by atoms with Crippen molar-refractivity contribution in [3.05, 3.63) is 74.6 Å². The third-order valence-corrected chi connectivity index (χ3v) is 4.39. The van der Waals surface area contributed by atoms with Gasteiger partial charge < -0.3 is 10.3 Å². The second-order valence-electron chi connectivity index (χ2n) is 6.32. The number of H-pyrrole nitrogens is 1. The second-order valence-corrected chi connectivity index (χ2v) is 6.32. The van der Waals surface area contributed by atoms with E-state index in [0.29, 0.717) is 6.54 Å². The molecule has 3 heteroatoms. The number of nitrogens with one attached hydrogen (secondary N) is 2. The van der Waals surface area contributed by atoms with Gasteiger partial charge in [0, 0.05) is 23.3 Å². The molecule has 0 aliphatic carbocycles. The number of aromatic amines is 1. The first-order valence-corrected chi connectivity index (χ1v) is 7.88. The summed E-state index contributed by atoms with van der Waals surface area (Å²) in [6.45, 7) is 8.82. The summed E-state index contributed by atoms with van der Waals surface area (Å²) in [6.07, 6.45) is 0. The van der Waals surface area contributed by atoms with E-state index in [-0.39, 0.29) is 5.56 Å². The molecule has 0 saturated carbocycles. The molecule has 1 aromatic heterocycles. The normalized spacial score (nSPS) is 11.0. The van der Waals surface area contributed by atoms with Gasteiger partial charge in [-0.3, -0.25) is 4.79 Å². The molecule has 0 saturated heterocycles. The minimum Gasteiger partial charge on any atom is -0.381 e. The van der Waals surface area contributed by atoms with Gasteiger partial charge in [-0.15, -0.1) is 0 Å². The number of benzene rings is 2. The van der Waals surface area contributed by atoms with Crippen molar-refractivity contribution in [2.45, 2.75) is 34.2 Å². The Labute approximate surface area is 136 Å². The Kier molecular flexibility index (Phi) is 3.95. The first kappa shape index (κ1) is 15.3. The molecule has 1 heterocycles. The molecule has 0 fully saturated rings.